The molecule has 18 heteroatoms. The number of nitrogens with zero attached hydrogens (tertiary/aromatic N) is 6. The fraction of sp³-hybridized carbons (Fsp3) is 0.250. The summed E-state index contributed by atoms with van der Waals surface area (Å²) in [7, 11) is -0.667. The average Bonchev–Trinajstić information content (AvgIpc) is 3.63. The molecular weight excluding hydrogens is 637 g/mol. The molecule has 2 amide bonds. The highest BCUT2D eigenvalue weighted by Gasteiger charge is 2.38. The predicted octanol–water partition coefficient (Wildman–Crippen LogP) is 3.42. The lowest BCUT2D eigenvalue weighted by Crippen LogP contribution is -2.39. The second kappa shape index (κ2) is 12.9. The molecule has 244 valence electrons. The fourth-order valence-corrected chi connectivity index (χ4v) is 5.42. The number of hydrogen-bond donors (Lipinski definition) is 2. The number of imidazole rings is 1. The van der Waals surface area contributed by atoms with Gasteiger partial charge in [0.1, 0.15) is 17.3 Å². The topological polar surface area (TPSA) is 177 Å². The number of hydrogen-bond acceptors (Lipinski definition) is 8. The van der Waals surface area contributed by atoms with E-state index in [9.17, 15) is 36.3 Å². The summed E-state index contributed by atoms with van der Waals surface area (Å²) in [5.74, 6) is -1.96. The van der Waals surface area contributed by atoms with Gasteiger partial charge in [-0.2, -0.15) is 18.3 Å². The summed E-state index contributed by atoms with van der Waals surface area (Å²) in [6.07, 6.45) is -1.42. The van der Waals surface area contributed by atoms with Gasteiger partial charge >= 0.3 is 18.2 Å². The fourth-order valence-electron chi connectivity index (χ4n) is 4.54. The number of carboxylic acids is 1. The van der Waals surface area contributed by atoms with Crippen LogP contribution in [0.15, 0.2) is 66.0 Å². The van der Waals surface area contributed by atoms with E-state index in [4.69, 9.17) is 14.6 Å². The molecule has 14 nitrogen and oxygen atoms in total. The molecule has 0 saturated carbocycles. The molecule has 0 unspecified atom stereocenters. The third-order valence-corrected chi connectivity index (χ3v) is 7.78. The van der Waals surface area contributed by atoms with Crippen LogP contribution in [0.2, 0.25) is 0 Å². The van der Waals surface area contributed by atoms with Crippen molar-refractivity contribution in [3.05, 3.63) is 78.0 Å². The first-order chi connectivity index (χ1) is 21.5. The molecular formula is C28H27F3N6O8S. The van der Waals surface area contributed by atoms with Crippen molar-refractivity contribution in [1.29, 1.82) is 0 Å². The monoisotopic (exact) mass is 664 g/mol. The molecule has 2 N–H and O–H groups in total. The van der Waals surface area contributed by atoms with Crippen molar-refractivity contribution in [2.24, 2.45) is 0 Å². The number of aliphatic carboxylic acids is 1. The van der Waals surface area contributed by atoms with E-state index >= 15 is 0 Å². The maximum absolute atomic E-state index is 13.8. The molecule has 3 heterocycles. The van der Waals surface area contributed by atoms with Crippen molar-refractivity contribution in [2.45, 2.75) is 24.2 Å². The maximum atomic E-state index is 13.8. The van der Waals surface area contributed by atoms with Crippen LogP contribution >= 0.6 is 0 Å². The Kier molecular flexibility index (Phi) is 9.41. The Labute approximate surface area is 259 Å². The Bertz CT molecular complexity index is 1870. The van der Waals surface area contributed by atoms with E-state index in [2.05, 4.69) is 10.1 Å². The molecule has 5 rings (SSSR count). The number of carbonyl (C=O) groups excluding carboxylic acids is 1. The van der Waals surface area contributed by atoms with E-state index in [0.717, 1.165) is 16.8 Å². The number of sulfone groups is 1. The zero-order chi connectivity index (χ0) is 34.0. The van der Waals surface area contributed by atoms with Gasteiger partial charge in [0.05, 0.1) is 19.3 Å². The van der Waals surface area contributed by atoms with Crippen LogP contribution in [-0.2, 0) is 27.6 Å². The van der Waals surface area contributed by atoms with Gasteiger partial charge in [-0.05, 0) is 55.0 Å². The number of ether oxygens (including phenoxy) is 1. The highest BCUT2D eigenvalue weighted by Crippen LogP contribution is 2.31. The summed E-state index contributed by atoms with van der Waals surface area (Å²) in [5.41, 5.74) is 2.51. The van der Waals surface area contributed by atoms with Gasteiger partial charge in [0.25, 0.3) is 5.91 Å². The summed E-state index contributed by atoms with van der Waals surface area (Å²) in [6, 6.07) is 14.0. The van der Waals surface area contributed by atoms with Crippen molar-refractivity contribution in [1.82, 2.24) is 24.2 Å². The predicted molar refractivity (Wildman–Crippen MR) is 155 cm³/mol. The molecule has 0 spiro atoms. The Hall–Kier alpha value is -5.39. The zero-order valence-electron chi connectivity index (χ0n) is 24.5. The number of fused-ring (bicyclic) bond motifs is 1. The van der Waals surface area contributed by atoms with E-state index in [1.54, 1.807) is 65.4 Å². The average molecular weight is 665 g/mol. The van der Waals surface area contributed by atoms with Gasteiger partial charge in [0.15, 0.2) is 14.9 Å². The normalized spacial score (nSPS) is 13.0. The van der Waals surface area contributed by atoms with Crippen LogP contribution in [0.1, 0.15) is 21.9 Å². The number of benzene rings is 2. The Morgan fingerprint density at radius 1 is 1.02 bits per heavy atom. The number of aromatic nitrogens is 4. The molecule has 4 aromatic rings. The first-order valence-corrected chi connectivity index (χ1v) is 15.1. The van der Waals surface area contributed by atoms with Gasteiger partial charge in [-0.15, -0.1) is 0 Å². The van der Waals surface area contributed by atoms with Crippen LogP contribution in [0.25, 0.3) is 11.4 Å². The SMILES string of the molecule is COc1ccc(-n2nc(S(C)(=O)=O)c3c2C(=O)N(c2ccc(-n4ccnc4CN(C)C(=O)O)cc2)CC3)cc1.O=C(O)C(F)(F)F. The van der Waals surface area contributed by atoms with Gasteiger partial charge < -0.3 is 29.3 Å². The van der Waals surface area contributed by atoms with Gasteiger partial charge in [-0.1, -0.05) is 0 Å². The Morgan fingerprint density at radius 3 is 2.11 bits per heavy atom. The summed E-state index contributed by atoms with van der Waals surface area (Å²) < 4.78 is 65.2. The van der Waals surface area contributed by atoms with Crippen molar-refractivity contribution in [3.8, 4) is 17.1 Å². The highest BCUT2D eigenvalue weighted by atomic mass is 32.2. The Morgan fingerprint density at radius 2 is 1.59 bits per heavy atom. The van der Waals surface area contributed by atoms with E-state index in [1.165, 1.54) is 11.7 Å². The van der Waals surface area contributed by atoms with Crippen molar-refractivity contribution >= 4 is 33.5 Å². The smallest absolute Gasteiger partial charge is 0.490 e. The first kappa shape index (κ1) is 33.5. The Balaban J connectivity index is 0.000000617. The number of anilines is 1. The van der Waals surface area contributed by atoms with Crippen molar-refractivity contribution in [3.63, 3.8) is 0 Å². The second-order valence-corrected chi connectivity index (χ2v) is 11.8. The minimum Gasteiger partial charge on any atom is -0.497 e. The quantitative estimate of drug-likeness (QED) is 0.298. The molecule has 2 aromatic carbocycles. The van der Waals surface area contributed by atoms with Crippen LogP contribution in [0.3, 0.4) is 0 Å². The summed E-state index contributed by atoms with van der Waals surface area (Å²) in [5, 5.41) is 20.6. The molecule has 46 heavy (non-hydrogen) atoms. The zero-order valence-corrected chi connectivity index (χ0v) is 25.3. The minimum absolute atomic E-state index is 0.101. The minimum atomic E-state index is -5.08. The van der Waals surface area contributed by atoms with Gasteiger partial charge in [0, 0.05) is 49.2 Å². The lowest BCUT2D eigenvalue weighted by molar-refractivity contribution is -0.192. The lowest BCUT2D eigenvalue weighted by Gasteiger charge is -2.28. The number of amides is 2. The lowest BCUT2D eigenvalue weighted by atomic mass is 10.1. The number of carbonyl (C=O) groups is 3. The van der Waals surface area contributed by atoms with Crippen LogP contribution in [0, 0.1) is 0 Å². The van der Waals surface area contributed by atoms with Crippen molar-refractivity contribution < 1.29 is 50.9 Å². The van der Waals surface area contributed by atoms with E-state index < -0.39 is 28.1 Å². The van der Waals surface area contributed by atoms with E-state index in [0.29, 0.717) is 34.9 Å². The molecule has 0 atom stereocenters. The highest BCUT2D eigenvalue weighted by molar-refractivity contribution is 7.90. The standard InChI is InChI=1S/C26H26N6O6S.C2HF3O2/c1-29(26(34)35)16-22-27-13-15-30(22)17-4-6-18(7-5-17)31-14-12-21-23(25(31)33)32(28-24(21)39(3,36)37)19-8-10-20(38-2)11-9-19;3-2(4,5)1(6)7/h4-11,13,15H,12,14,16H2,1-3H3,(H,34,35);(H,6,7). The number of methoxy groups -OCH3 is 1. The molecule has 1 aliphatic rings. The first-order valence-electron chi connectivity index (χ1n) is 13.2. The molecule has 0 radical (unpaired) electrons. The van der Waals surface area contributed by atoms with E-state index in [-0.39, 0.29) is 29.7 Å². The summed E-state index contributed by atoms with van der Waals surface area (Å²) >= 11 is 0. The number of carboxylic acid groups (broad SMARTS) is 2. The van der Waals surface area contributed by atoms with Crippen LogP contribution in [0.5, 0.6) is 5.75 Å². The van der Waals surface area contributed by atoms with Crippen LogP contribution < -0.4 is 9.64 Å². The maximum Gasteiger partial charge on any atom is 0.490 e. The van der Waals surface area contributed by atoms with Crippen LogP contribution in [0.4, 0.5) is 23.7 Å². The van der Waals surface area contributed by atoms with Gasteiger partial charge in [-0.25, -0.2) is 27.7 Å². The molecule has 0 bridgehead atoms. The molecule has 1 aliphatic heterocycles. The summed E-state index contributed by atoms with van der Waals surface area (Å²) in [4.78, 5) is 40.9. The number of rotatable bonds is 7. The molecule has 0 aliphatic carbocycles. The van der Waals surface area contributed by atoms with E-state index in [1.807, 2.05) is 12.1 Å². The molecule has 0 fully saturated rings. The summed E-state index contributed by atoms with van der Waals surface area (Å²) in [6.45, 7) is 0.386. The third kappa shape index (κ3) is 7.12. The third-order valence-electron chi connectivity index (χ3n) is 6.75. The second-order valence-electron chi connectivity index (χ2n) is 9.89. The molecule has 2 aromatic heterocycles. The van der Waals surface area contributed by atoms with Crippen molar-refractivity contribution in [2.75, 3.05) is 31.9 Å². The van der Waals surface area contributed by atoms with Crippen LogP contribution in [-0.4, -0.2) is 94.0 Å². The van der Waals surface area contributed by atoms with Gasteiger partial charge in [0.2, 0.25) is 0 Å². The number of halogens is 3. The van der Waals surface area contributed by atoms with Gasteiger partial charge in [-0.3, -0.25) is 4.79 Å². The number of alkyl halides is 3. The largest absolute Gasteiger partial charge is 0.497 e. The molecule has 0 saturated heterocycles.